The number of rotatable bonds is 10. The molecule has 31 heavy (non-hydrogen) atoms. The van der Waals surface area contributed by atoms with Crippen LogP contribution in [0.5, 0.6) is 5.75 Å². The average molecular weight is 423 g/mol. The van der Waals surface area contributed by atoms with Crippen LogP contribution < -0.4 is 15.5 Å². The first-order chi connectivity index (χ1) is 15.0. The van der Waals surface area contributed by atoms with E-state index in [4.69, 9.17) is 4.74 Å². The summed E-state index contributed by atoms with van der Waals surface area (Å²) in [5, 5.41) is 4.28. The van der Waals surface area contributed by atoms with Gasteiger partial charge in [-0.3, -0.25) is 15.0 Å². The first-order valence-corrected chi connectivity index (χ1v) is 10.5. The number of hydrogen-bond donors (Lipinski definition) is 2. The highest BCUT2D eigenvalue weighted by Gasteiger charge is 2.22. The summed E-state index contributed by atoms with van der Waals surface area (Å²) < 4.78 is 5.18. The molecule has 0 unspecified atom stereocenters. The Morgan fingerprint density at radius 1 is 1.16 bits per heavy atom. The van der Waals surface area contributed by atoms with Gasteiger partial charge in [0.2, 0.25) is 11.8 Å². The van der Waals surface area contributed by atoms with Crippen LogP contribution in [0.3, 0.4) is 0 Å². The van der Waals surface area contributed by atoms with Crippen molar-refractivity contribution in [1.29, 1.82) is 0 Å². The third kappa shape index (κ3) is 6.86. The summed E-state index contributed by atoms with van der Waals surface area (Å²) in [6.07, 6.45) is 2.93. The van der Waals surface area contributed by atoms with Crippen molar-refractivity contribution in [3.05, 3.63) is 71.8 Å². The van der Waals surface area contributed by atoms with Gasteiger partial charge >= 0.3 is 0 Å². The minimum Gasteiger partial charge on any atom is -0.497 e. The predicted octanol–water partition coefficient (Wildman–Crippen LogP) is 2.41. The van der Waals surface area contributed by atoms with E-state index in [9.17, 15) is 9.59 Å². The topological polar surface area (TPSA) is 73.9 Å². The SMILES string of the molecule is COc1ccc(C2=CCC(=O)N(CC(=O)NCCCN(C)Cc3ccccc3)N2)cc1. The van der Waals surface area contributed by atoms with E-state index in [1.54, 1.807) is 7.11 Å². The van der Waals surface area contributed by atoms with E-state index in [0.29, 0.717) is 6.54 Å². The number of benzene rings is 2. The van der Waals surface area contributed by atoms with Gasteiger partial charge in [-0.05, 0) is 61.5 Å². The summed E-state index contributed by atoms with van der Waals surface area (Å²) in [5.41, 5.74) is 6.06. The molecule has 2 aromatic rings. The Balaban J connectivity index is 1.40. The average Bonchev–Trinajstić information content (AvgIpc) is 2.79. The number of amides is 2. The van der Waals surface area contributed by atoms with Gasteiger partial charge in [-0.25, -0.2) is 5.01 Å². The van der Waals surface area contributed by atoms with Gasteiger partial charge < -0.3 is 15.0 Å². The van der Waals surface area contributed by atoms with Gasteiger partial charge in [-0.1, -0.05) is 30.3 Å². The molecule has 0 spiro atoms. The molecule has 0 aromatic heterocycles. The summed E-state index contributed by atoms with van der Waals surface area (Å²) >= 11 is 0. The Hall–Kier alpha value is -3.32. The van der Waals surface area contributed by atoms with E-state index in [1.807, 2.05) is 48.5 Å². The highest BCUT2D eigenvalue weighted by atomic mass is 16.5. The maximum atomic E-state index is 12.3. The summed E-state index contributed by atoms with van der Waals surface area (Å²) in [6, 6.07) is 17.8. The lowest BCUT2D eigenvalue weighted by Gasteiger charge is -2.29. The Morgan fingerprint density at radius 3 is 2.61 bits per heavy atom. The van der Waals surface area contributed by atoms with E-state index in [0.717, 1.165) is 36.5 Å². The maximum Gasteiger partial charge on any atom is 0.245 e. The summed E-state index contributed by atoms with van der Waals surface area (Å²) in [6.45, 7) is 2.30. The van der Waals surface area contributed by atoms with E-state index in [2.05, 4.69) is 34.8 Å². The van der Waals surface area contributed by atoms with Crippen LogP contribution in [0.2, 0.25) is 0 Å². The largest absolute Gasteiger partial charge is 0.497 e. The minimum absolute atomic E-state index is 0.0216. The Labute approximate surface area is 183 Å². The van der Waals surface area contributed by atoms with Crippen molar-refractivity contribution in [1.82, 2.24) is 20.7 Å². The molecule has 1 aliphatic rings. The molecule has 2 N–H and O–H groups in total. The Morgan fingerprint density at radius 2 is 1.90 bits per heavy atom. The molecule has 0 saturated carbocycles. The van der Waals surface area contributed by atoms with Gasteiger partial charge in [-0.15, -0.1) is 0 Å². The monoisotopic (exact) mass is 422 g/mol. The molecule has 0 bridgehead atoms. The zero-order valence-electron chi connectivity index (χ0n) is 18.1. The molecule has 7 heteroatoms. The molecule has 0 atom stereocenters. The molecule has 0 radical (unpaired) electrons. The number of carbonyl (C=O) groups excluding carboxylic acids is 2. The van der Waals surface area contributed by atoms with Crippen LogP contribution in [0.4, 0.5) is 0 Å². The van der Waals surface area contributed by atoms with Crippen LogP contribution in [0.15, 0.2) is 60.7 Å². The van der Waals surface area contributed by atoms with Crippen molar-refractivity contribution < 1.29 is 14.3 Å². The van der Waals surface area contributed by atoms with Gasteiger partial charge in [0, 0.05) is 19.5 Å². The molecular weight excluding hydrogens is 392 g/mol. The first kappa shape index (κ1) is 22.4. The van der Waals surface area contributed by atoms with Crippen molar-refractivity contribution in [2.75, 3.05) is 33.8 Å². The third-order valence-electron chi connectivity index (χ3n) is 5.07. The van der Waals surface area contributed by atoms with Crippen molar-refractivity contribution in [3.8, 4) is 5.75 Å². The van der Waals surface area contributed by atoms with Crippen LogP contribution >= 0.6 is 0 Å². The molecule has 3 rings (SSSR count). The first-order valence-electron chi connectivity index (χ1n) is 10.5. The normalized spacial score (nSPS) is 13.6. The number of nitrogens with zero attached hydrogens (tertiary/aromatic N) is 2. The van der Waals surface area contributed by atoms with Crippen LogP contribution in [0, 0.1) is 0 Å². The van der Waals surface area contributed by atoms with Gasteiger partial charge in [0.15, 0.2) is 0 Å². The fourth-order valence-electron chi connectivity index (χ4n) is 3.38. The second-order valence-electron chi connectivity index (χ2n) is 7.57. The lowest BCUT2D eigenvalue weighted by Crippen LogP contribution is -2.49. The molecule has 0 fully saturated rings. The zero-order valence-corrected chi connectivity index (χ0v) is 18.1. The molecule has 0 saturated heterocycles. The smallest absolute Gasteiger partial charge is 0.245 e. The quantitative estimate of drug-likeness (QED) is 0.576. The molecule has 7 nitrogen and oxygen atoms in total. The molecule has 2 aromatic carbocycles. The lowest BCUT2D eigenvalue weighted by atomic mass is 10.1. The fraction of sp³-hybridized carbons (Fsp3) is 0.333. The van der Waals surface area contributed by atoms with E-state index >= 15 is 0 Å². The van der Waals surface area contributed by atoms with Gasteiger partial charge in [0.25, 0.3) is 0 Å². The number of ether oxygens (including phenoxy) is 1. The fourth-order valence-corrected chi connectivity index (χ4v) is 3.38. The predicted molar refractivity (Wildman–Crippen MR) is 121 cm³/mol. The van der Waals surface area contributed by atoms with Crippen LogP contribution in [0.1, 0.15) is 24.0 Å². The molecule has 164 valence electrons. The summed E-state index contributed by atoms with van der Waals surface area (Å²) in [7, 11) is 3.69. The van der Waals surface area contributed by atoms with Gasteiger partial charge in [0.1, 0.15) is 12.3 Å². The Kier molecular flexibility index (Phi) is 8.06. The van der Waals surface area contributed by atoms with Crippen molar-refractivity contribution in [3.63, 3.8) is 0 Å². The minimum atomic E-state index is -0.178. The summed E-state index contributed by atoms with van der Waals surface area (Å²) in [5.74, 6) is 0.458. The van der Waals surface area contributed by atoms with Gasteiger partial charge in [-0.2, -0.15) is 0 Å². The molecule has 0 aliphatic carbocycles. The third-order valence-corrected chi connectivity index (χ3v) is 5.07. The van der Waals surface area contributed by atoms with E-state index in [-0.39, 0.29) is 24.8 Å². The highest BCUT2D eigenvalue weighted by Crippen LogP contribution is 2.20. The second-order valence-corrected chi connectivity index (χ2v) is 7.57. The van der Waals surface area contributed by atoms with Crippen LogP contribution in [-0.4, -0.2) is 55.5 Å². The van der Waals surface area contributed by atoms with Gasteiger partial charge in [0.05, 0.1) is 12.8 Å². The number of methoxy groups -OCH3 is 1. The lowest BCUT2D eigenvalue weighted by molar-refractivity contribution is -0.137. The van der Waals surface area contributed by atoms with E-state index in [1.165, 1.54) is 10.6 Å². The number of hydrogen-bond acceptors (Lipinski definition) is 5. The number of hydrazine groups is 1. The standard InChI is InChI=1S/C24H30N4O3/c1-27(17-19-7-4-3-5-8-19)16-6-15-25-23(29)18-28-24(30)14-13-22(26-28)20-9-11-21(31-2)12-10-20/h3-5,7-13,26H,6,14-18H2,1-2H3,(H,25,29). The van der Waals surface area contributed by atoms with E-state index < -0.39 is 0 Å². The number of nitrogens with one attached hydrogen (secondary N) is 2. The number of carbonyl (C=O) groups is 2. The molecule has 2 amide bonds. The Bertz CT molecular complexity index is 897. The maximum absolute atomic E-state index is 12.3. The second kappa shape index (κ2) is 11.2. The van der Waals surface area contributed by atoms with Crippen LogP contribution in [0.25, 0.3) is 5.70 Å². The van der Waals surface area contributed by atoms with Crippen molar-refractivity contribution in [2.45, 2.75) is 19.4 Å². The highest BCUT2D eigenvalue weighted by molar-refractivity contribution is 5.88. The zero-order chi connectivity index (χ0) is 22.1. The molecule has 1 heterocycles. The summed E-state index contributed by atoms with van der Waals surface area (Å²) in [4.78, 5) is 26.8. The molecule has 1 aliphatic heterocycles. The molecular formula is C24H30N4O3. The van der Waals surface area contributed by atoms with Crippen LogP contribution in [-0.2, 0) is 16.1 Å². The van der Waals surface area contributed by atoms with Crippen molar-refractivity contribution in [2.24, 2.45) is 0 Å². The van der Waals surface area contributed by atoms with Crippen molar-refractivity contribution >= 4 is 17.5 Å².